The van der Waals surface area contributed by atoms with Crippen molar-refractivity contribution in [3.05, 3.63) is 70.8 Å². The van der Waals surface area contributed by atoms with Crippen molar-refractivity contribution in [1.29, 1.82) is 5.41 Å². The molecule has 168 valence electrons. The van der Waals surface area contributed by atoms with Gasteiger partial charge in [-0.15, -0.1) is 5.10 Å². The van der Waals surface area contributed by atoms with Gasteiger partial charge in [-0.25, -0.2) is 0 Å². The maximum absolute atomic E-state index is 12.6. The standard InChI is InChI=1S/C24H23N5O3S/c1-16-2-4-18(5-3-16)15-32-19-8-6-17(7-9-19)14-20-21(25)29-23(26-22(20)30)33-24(27-29)28-10-12-31-13-11-28/h2-9,14,25H,10-13,15H2,1H3/b20-14+,25-21?. The maximum atomic E-state index is 12.6. The van der Waals surface area contributed by atoms with Crippen LogP contribution >= 0.6 is 11.8 Å². The fourth-order valence-electron chi connectivity index (χ4n) is 3.54. The van der Waals surface area contributed by atoms with E-state index in [0.29, 0.717) is 25.0 Å². The number of hydrogen-bond donors (Lipinski definition) is 1. The molecule has 1 N–H and O–H groups in total. The zero-order valence-electron chi connectivity index (χ0n) is 18.2. The number of fused-ring (bicyclic) bond motifs is 1. The highest BCUT2D eigenvalue weighted by atomic mass is 32.2. The average molecular weight is 462 g/mol. The first-order chi connectivity index (χ1) is 16.1. The topological polar surface area (TPSA) is 90.6 Å². The number of ether oxygens (including phenoxy) is 2. The van der Waals surface area contributed by atoms with Crippen molar-refractivity contribution < 1.29 is 14.3 Å². The van der Waals surface area contributed by atoms with Crippen LogP contribution in [-0.4, -0.2) is 58.3 Å². The summed E-state index contributed by atoms with van der Waals surface area (Å²) in [6.07, 6.45) is 1.67. The molecule has 5 rings (SSSR count). The molecule has 2 aromatic rings. The van der Waals surface area contributed by atoms with Crippen molar-refractivity contribution in [2.45, 2.75) is 13.5 Å². The molecule has 0 aromatic heterocycles. The molecule has 0 bridgehead atoms. The number of carbonyl (C=O) groups excluding carboxylic acids is 1. The summed E-state index contributed by atoms with van der Waals surface area (Å²) in [5.74, 6) is 0.330. The van der Waals surface area contributed by atoms with E-state index in [1.807, 2.05) is 36.4 Å². The van der Waals surface area contributed by atoms with Crippen molar-refractivity contribution in [2.75, 3.05) is 26.3 Å². The first-order valence-corrected chi connectivity index (χ1v) is 11.5. The van der Waals surface area contributed by atoms with E-state index in [0.717, 1.165) is 35.1 Å². The lowest BCUT2D eigenvalue weighted by Gasteiger charge is -2.26. The summed E-state index contributed by atoms with van der Waals surface area (Å²) in [5, 5.41) is 15.7. The van der Waals surface area contributed by atoms with Crippen LogP contribution in [0.4, 0.5) is 0 Å². The summed E-state index contributed by atoms with van der Waals surface area (Å²) in [7, 11) is 0. The number of thioether (sulfide) groups is 1. The third-order valence-corrected chi connectivity index (χ3v) is 6.41. The molecule has 3 aliphatic rings. The molecular formula is C24H23N5O3S. The van der Waals surface area contributed by atoms with Crippen LogP contribution in [0.3, 0.4) is 0 Å². The minimum atomic E-state index is -0.433. The number of carbonyl (C=O) groups is 1. The van der Waals surface area contributed by atoms with Crippen molar-refractivity contribution in [2.24, 2.45) is 10.1 Å². The van der Waals surface area contributed by atoms with E-state index in [9.17, 15) is 4.79 Å². The second-order valence-electron chi connectivity index (χ2n) is 7.85. The number of morpholine rings is 1. The van der Waals surface area contributed by atoms with Gasteiger partial charge in [0.05, 0.1) is 18.8 Å². The molecular weight excluding hydrogens is 438 g/mol. The lowest BCUT2D eigenvalue weighted by atomic mass is 10.1. The van der Waals surface area contributed by atoms with Gasteiger partial charge in [0.15, 0.2) is 11.0 Å². The summed E-state index contributed by atoms with van der Waals surface area (Å²) in [5.41, 5.74) is 3.31. The first-order valence-electron chi connectivity index (χ1n) is 10.7. The van der Waals surface area contributed by atoms with Gasteiger partial charge in [0.25, 0.3) is 5.91 Å². The monoisotopic (exact) mass is 461 g/mol. The van der Waals surface area contributed by atoms with Crippen LogP contribution in [-0.2, 0) is 16.1 Å². The molecule has 1 saturated heterocycles. The van der Waals surface area contributed by atoms with E-state index < -0.39 is 5.91 Å². The molecule has 9 heteroatoms. The van der Waals surface area contributed by atoms with Gasteiger partial charge in [0, 0.05) is 13.1 Å². The highest BCUT2D eigenvalue weighted by Gasteiger charge is 2.37. The Labute approximate surface area is 196 Å². The summed E-state index contributed by atoms with van der Waals surface area (Å²) < 4.78 is 11.2. The van der Waals surface area contributed by atoms with Crippen LogP contribution in [0.25, 0.3) is 6.08 Å². The normalized spacial score (nSPS) is 19.5. The molecule has 2 aromatic carbocycles. The third-order valence-electron chi connectivity index (χ3n) is 5.44. The average Bonchev–Trinajstić information content (AvgIpc) is 3.27. The van der Waals surface area contributed by atoms with Crippen molar-refractivity contribution in [3.63, 3.8) is 0 Å². The molecule has 0 atom stereocenters. The molecule has 0 unspecified atom stereocenters. The Bertz CT molecular complexity index is 1170. The Morgan fingerprint density at radius 2 is 1.82 bits per heavy atom. The van der Waals surface area contributed by atoms with Gasteiger partial charge in [0.1, 0.15) is 12.4 Å². The predicted octanol–water partition coefficient (Wildman–Crippen LogP) is 3.48. The van der Waals surface area contributed by atoms with Crippen LogP contribution in [0.15, 0.2) is 64.2 Å². The van der Waals surface area contributed by atoms with Crippen LogP contribution in [0.1, 0.15) is 16.7 Å². The van der Waals surface area contributed by atoms with E-state index >= 15 is 0 Å². The quantitative estimate of drug-likeness (QED) is 0.701. The zero-order valence-corrected chi connectivity index (χ0v) is 19.0. The van der Waals surface area contributed by atoms with E-state index in [1.165, 1.54) is 22.3 Å². The highest BCUT2D eigenvalue weighted by molar-refractivity contribution is 8.26. The van der Waals surface area contributed by atoms with E-state index in [4.69, 9.17) is 14.9 Å². The molecule has 8 nitrogen and oxygen atoms in total. The van der Waals surface area contributed by atoms with Gasteiger partial charge in [-0.3, -0.25) is 10.2 Å². The third kappa shape index (κ3) is 4.69. The van der Waals surface area contributed by atoms with Crippen LogP contribution in [0.2, 0.25) is 0 Å². The molecule has 3 heterocycles. The lowest BCUT2D eigenvalue weighted by Crippen LogP contribution is -2.39. The Hall–Kier alpha value is -3.43. The van der Waals surface area contributed by atoms with Gasteiger partial charge in [-0.2, -0.15) is 10.0 Å². The van der Waals surface area contributed by atoms with Crippen molar-refractivity contribution in [1.82, 2.24) is 9.91 Å². The number of hydrogen-bond acceptors (Lipinski definition) is 7. The first kappa shape index (κ1) is 21.4. The van der Waals surface area contributed by atoms with Crippen LogP contribution in [0.5, 0.6) is 5.75 Å². The number of amidine groups is 3. The Morgan fingerprint density at radius 3 is 2.55 bits per heavy atom. The van der Waals surface area contributed by atoms with Gasteiger partial charge in [-0.05, 0) is 48.0 Å². The highest BCUT2D eigenvalue weighted by Crippen LogP contribution is 2.30. The van der Waals surface area contributed by atoms with Crippen LogP contribution in [0, 0.1) is 12.3 Å². The minimum absolute atomic E-state index is 0.0282. The van der Waals surface area contributed by atoms with Gasteiger partial charge < -0.3 is 14.4 Å². The summed E-state index contributed by atoms with van der Waals surface area (Å²) >= 11 is 1.31. The second kappa shape index (κ2) is 9.21. The zero-order chi connectivity index (χ0) is 22.8. The van der Waals surface area contributed by atoms with Gasteiger partial charge >= 0.3 is 0 Å². The predicted molar refractivity (Wildman–Crippen MR) is 129 cm³/mol. The summed E-state index contributed by atoms with van der Waals surface area (Å²) in [4.78, 5) is 18.9. The van der Waals surface area contributed by atoms with Gasteiger partial charge in [-0.1, -0.05) is 42.0 Å². The lowest BCUT2D eigenvalue weighted by molar-refractivity contribution is -0.114. The Balaban J connectivity index is 1.28. The second-order valence-corrected chi connectivity index (χ2v) is 8.78. The fraction of sp³-hybridized carbons (Fsp3) is 0.250. The Morgan fingerprint density at radius 1 is 1.09 bits per heavy atom. The number of amides is 1. The van der Waals surface area contributed by atoms with Crippen molar-refractivity contribution in [3.8, 4) is 5.75 Å². The molecule has 3 aliphatic heterocycles. The molecule has 33 heavy (non-hydrogen) atoms. The molecule has 1 fully saturated rings. The number of benzene rings is 2. The number of nitrogens with zero attached hydrogens (tertiary/aromatic N) is 4. The molecule has 0 aliphatic carbocycles. The smallest absolute Gasteiger partial charge is 0.283 e. The van der Waals surface area contributed by atoms with E-state index in [-0.39, 0.29) is 11.4 Å². The van der Waals surface area contributed by atoms with Crippen LogP contribution < -0.4 is 4.74 Å². The summed E-state index contributed by atoms with van der Waals surface area (Å²) in [6, 6.07) is 15.6. The Kier molecular flexibility index (Phi) is 5.97. The SMILES string of the molecule is Cc1ccc(COc2ccc(/C=C3\C(=N)N4N=C(N5CCOCC5)SC4=NC3=O)cc2)cc1. The summed E-state index contributed by atoms with van der Waals surface area (Å²) in [6.45, 7) is 5.28. The largest absolute Gasteiger partial charge is 0.489 e. The minimum Gasteiger partial charge on any atom is -0.489 e. The fourth-order valence-corrected chi connectivity index (χ4v) is 4.49. The molecule has 1 amide bonds. The number of hydrazone groups is 1. The molecule has 0 saturated carbocycles. The number of aryl methyl sites for hydroxylation is 1. The van der Waals surface area contributed by atoms with E-state index in [1.54, 1.807) is 6.08 Å². The van der Waals surface area contributed by atoms with Crippen molar-refractivity contribution >= 4 is 39.9 Å². The molecule has 0 spiro atoms. The van der Waals surface area contributed by atoms with E-state index in [2.05, 4.69) is 34.1 Å². The number of nitrogens with one attached hydrogen (secondary N) is 1. The maximum Gasteiger partial charge on any atom is 0.283 e. The number of aliphatic imine (C=N–C) groups is 1. The van der Waals surface area contributed by atoms with Gasteiger partial charge in [0.2, 0.25) is 5.17 Å². The molecule has 0 radical (unpaired) electrons. The number of rotatable bonds is 4.